The molecule has 0 bridgehead atoms. The van der Waals surface area contributed by atoms with Crippen LogP contribution in [0.4, 0.5) is 0 Å². The number of carboxylic acid groups (broad SMARTS) is 1. The number of benzene rings is 2. The van der Waals surface area contributed by atoms with Gasteiger partial charge in [-0.2, -0.15) is 14.7 Å². The summed E-state index contributed by atoms with van der Waals surface area (Å²) >= 11 is 13.7. The Morgan fingerprint density at radius 2 is 1.68 bits per heavy atom. The molecule has 9 heteroatoms. The molecule has 162 valence electrons. The van der Waals surface area contributed by atoms with Crippen LogP contribution < -0.4 is 0 Å². The second-order valence-electron chi connectivity index (χ2n) is 6.64. The molecule has 0 aliphatic rings. The molecular weight excluding hydrogens is 459 g/mol. The van der Waals surface area contributed by atoms with Gasteiger partial charge < -0.3 is 5.11 Å². The number of aryl methyl sites for hydroxylation is 1. The fourth-order valence-corrected chi connectivity index (χ4v) is 4.20. The molecule has 1 heterocycles. The minimum atomic E-state index is -0.838. The molecule has 0 atom stereocenters. The van der Waals surface area contributed by atoms with Gasteiger partial charge in [-0.05, 0) is 43.2 Å². The second kappa shape index (κ2) is 11.7. The van der Waals surface area contributed by atoms with Gasteiger partial charge in [0.1, 0.15) is 0 Å². The molecule has 0 unspecified atom stereocenters. The van der Waals surface area contributed by atoms with E-state index in [9.17, 15) is 4.79 Å². The number of aromatic nitrogens is 2. The normalized spacial score (nSPS) is 10.2. The number of halogens is 2. The first kappa shape index (κ1) is 24.7. The SMILES string of the molecule is Cc1nn(Cc2ccc(CSc3ccc(Cl)c(Cl)c3)cc2)c(C)c1CC(=O)O.O=C=O. The van der Waals surface area contributed by atoms with Gasteiger partial charge in [0.2, 0.25) is 0 Å². The van der Waals surface area contributed by atoms with Crippen LogP contribution in [0.15, 0.2) is 47.4 Å². The van der Waals surface area contributed by atoms with E-state index in [1.54, 1.807) is 11.8 Å². The largest absolute Gasteiger partial charge is 0.481 e. The van der Waals surface area contributed by atoms with E-state index in [0.29, 0.717) is 16.6 Å². The fourth-order valence-electron chi connectivity index (χ4n) is 2.94. The fraction of sp³-hybridized carbons (Fsp3) is 0.227. The molecule has 0 saturated heterocycles. The molecular formula is C22H20Cl2N2O4S. The van der Waals surface area contributed by atoms with E-state index in [-0.39, 0.29) is 12.6 Å². The van der Waals surface area contributed by atoms with Crippen molar-refractivity contribution in [2.24, 2.45) is 0 Å². The summed E-state index contributed by atoms with van der Waals surface area (Å²) in [4.78, 5) is 28.4. The summed E-state index contributed by atoms with van der Waals surface area (Å²) in [6.07, 6.45) is 0.253. The van der Waals surface area contributed by atoms with Crippen LogP contribution in [0, 0.1) is 13.8 Å². The van der Waals surface area contributed by atoms with E-state index in [2.05, 4.69) is 29.4 Å². The number of nitrogens with zero attached hydrogens (tertiary/aromatic N) is 2. The van der Waals surface area contributed by atoms with Crippen molar-refractivity contribution in [1.82, 2.24) is 9.78 Å². The molecule has 0 fully saturated rings. The summed E-state index contributed by atoms with van der Waals surface area (Å²) in [5.41, 5.74) is 4.80. The van der Waals surface area contributed by atoms with Crippen molar-refractivity contribution < 1.29 is 19.5 Å². The highest BCUT2D eigenvalue weighted by Gasteiger charge is 2.14. The zero-order chi connectivity index (χ0) is 23.0. The lowest BCUT2D eigenvalue weighted by Gasteiger charge is -2.07. The van der Waals surface area contributed by atoms with Crippen molar-refractivity contribution >= 4 is 47.1 Å². The lowest BCUT2D eigenvalue weighted by atomic mass is 10.1. The Morgan fingerprint density at radius 3 is 2.26 bits per heavy atom. The van der Waals surface area contributed by atoms with Crippen LogP contribution in [0.1, 0.15) is 28.1 Å². The van der Waals surface area contributed by atoms with Crippen molar-refractivity contribution in [2.45, 2.75) is 37.5 Å². The maximum absolute atomic E-state index is 11.0. The number of thioether (sulfide) groups is 1. The summed E-state index contributed by atoms with van der Waals surface area (Å²) in [7, 11) is 0. The van der Waals surface area contributed by atoms with Crippen LogP contribution in [0.5, 0.6) is 0 Å². The minimum absolute atomic E-state index is 0.00252. The maximum Gasteiger partial charge on any atom is 0.373 e. The summed E-state index contributed by atoms with van der Waals surface area (Å²) in [5, 5.41) is 14.7. The zero-order valence-corrected chi connectivity index (χ0v) is 19.2. The van der Waals surface area contributed by atoms with E-state index in [0.717, 1.165) is 33.2 Å². The van der Waals surface area contributed by atoms with Gasteiger partial charge in [-0.3, -0.25) is 9.48 Å². The summed E-state index contributed by atoms with van der Waals surface area (Å²) in [6, 6.07) is 14.0. The highest BCUT2D eigenvalue weighted by Crippen LogP contribution is 2.30. The number of hydrogen-bond acceptors (Lipinski definition) is 5. The summed E-state index contributed by atoms with van der Waals surface area (Å²) in [5.74, 6) is -0.00412. The highest BCUT2D eigenvalue weighted by molar-refractivity contribution is 7.98. The second-order valence-corrected chi connectivity index (χ2v) is 8.51. The predicted molar refractivity (Wildman–Crippen MR) is 120 cm³/mol. The Hall–Kier alpha value is -2.57. The van der Waals surface area contributed by atoms with Crippen molar-refractivity contribution in [3.63, 3.8) is 0 Å². The number of carboxylic acids is 1. The molecule has 0 amide bonds. The molecule has 0 aliphatic carbocycles. The van der Waals surface area contributed by atoms with E-state index in [1.807, 2.05) is 36.7 Å². The number of hydrogen-bond donors (Lipinski definition) is 1. The monoisotopic (exact) mass is 478 g/mol. The molecule has 1 N–H and O–H groups in total. The number of carbonyl (C=O) groups excluding carboxylic acids is 2. The van der Waals surface area contributed by atoms with Gasteiger partial charge in [0.05, 0.1) is 28.7 Å². The van der Waals surface area contributed by atoms with Crippen LogP contribution in [-0.4, -0.2) is 27.0 Å². The lowest BCUT2D eigenvalue weighted by Crippen LogP contribution is -2.06. The van der Waals surface area contributed by atoms with Gasteiger partial charge in [0, 0.05) is 21.9 Å². The van der Waals surface area contributed by atoms with Gasteiger partial charge in [-0.25, -0.2) is 0 Å². The average molecular weight is 479 g/mol. The van der Waals surface area contributed by atoms with Gasteiger partial charge in [0.15, 0.2) is 0 Å². The van der Waals surface area contributed by atoms with Crippen LogP contribution in [0.2, 0.25) is 10.0 Å². The van der Waals surface area contributed by atoms with Crippen molar-refractivity contribution in [2.75, 3.05) is 0 Å². The van der Waals surface area contributed by atoms with Crippen LogP contribution in [0.25, 0.3) is 0 Å². The van der Waals surface area contributed by atoms with Gasteiger partial charge in [-0.1, -0.05) is 47.5 Å². The van der Waals surface area contributed by atoms with Crippen LogP contribution in [0.3, 0.4) is 0 Å². The number of rotatable bonds is 7. The van der Waals surface area contributed by atoms with E-state index in [4.69, 9.17) is 37.9 Å². The predicted octanol–water partition coefficient (Wildman–Crippen LogP) is 5.19. The maximum atomic E-state index is 11.0. The van der Waals surface area contributed by atoms with Crippen molar-refractivity contribution in [1.29, 1.82) is 0 Å². The molecule has 3 rings (SSSR count). The molecule has 31 heavy (non-hydrogen) atoms. The molecule has 2 aromatic carbocycles. The molecule has 0 spiro atoms. The highest BCUT2D eigenvalue weighted by atomic mass is 35.5. The van der Waals surface area contributed by atoms with Gasteiger partial charge in [0.25, 0.3) is 0 Å². The van der Waals surface area contributed by atoms with Crippen LogP contribution >= 0.6 is 35.0 Å². The van der Waals surface area contributed by atoms with E-state index >= 15 is 0 Å². The Balaban J connectivity index is 0.00000107. The summed E-state index contributed by atoms with van der Waals surface area (Å²) < 4.78 is 1.87. The van der Waals surface area contributed by atoms with Crippen LogP contribution in [-0.2, 0) is 33.1 Å². The third kappa shape index (κ3) is 7.26. The molecule has 0 radical (unpaired) electrons. The third-order valence-corrected chi connectivity index (χ3v) is 6.32. The number of aliphatic carboxylic acids is 1. The average Bonchev–Trinajstić information content (AvgIpc) is 2.97. The molecule has 3 aromatic rings. The molecule has 6 nitrogen and oxygen atoms in total. The molecule has 0 saturated carbocycles. The Bertz CT molecular complexity index is 1090. The van der Waals surface area contributed by atoms with E-state index in [1.165, 1.54) is 5.56 Å². The standard InChI is InChI=1S/C21H20Cl2N2O2S.CO2/c1-13-18(10-21(26)27)14(2)25(24-13)11-15-3-5-16(6-4-15)12-28-17-7-8-19(22)20(23)9-17;2-1-3/h3-9H,10-12H2,1-2H3,(H,26,27);. The molecule has 1 aromatic heterocycles. The zero-order valence-electron chi connectivity index (χ0n) is 16.9. The molecule has 0 aliphatic heterocycles. The van der Waals surface area contributed by atoms with Gasteiger partial charge in [-0.15, -0.1) is 11.8 Å². The Morgan fingerprint density at radius 1 is 1.06 bits per heavy atom. The topological polar surface area (TPSA) is 89.3 Å². The first-order chi connectivity index (χ1) is 14.7. The lowest BCUT2D eigenvalue weighted by molar-refractivity contribution is -0.191. The summed E-state index contributed by atoms with van der Waals surface area (Å²) in [6.45, 7) is 4.39. The third-order valence-electron chi connectivity index (χ3n) is 4.51. The smallest absolute Gasteiger partial charge is 0.373 e. The first-order valence-electron chi connectivity index (χ1n) is 9.14. The minimum Gasteiger partial charge on any atom is -0.481 e. The Kier molecular flexibility index (Phi) is 9.34. The quantitative estimate of drug-likeness (QED) is 0.469. The van der Waals surface area contributed by atoms with E-state index < -0.39 is 5.97 Å². The van der Waals surface area contributed by atoms with Gasteiger partial charge >= 0.3 is 12.1 Å². The first-order valence-corrected chi connectivity index (χ1v) is 10.9. The Labute approximate surface area is 194 Å². The van der Waals surface area contributed by atoms with Crippen molar-refractivity contribution in [3.05, 3.63) is 80.6 Å². The van der Waals surface area contributed by atoms with Crippen molar-refractivity contribution in [3.8, 4) is 0 Å². The number of carbonyl (C=O) groups is 1.